The summed E-state index contributed by atoms with van der Waals surface area (Å²) >= 11 is 1.26. The number of carbonyl (C=O) groups is 2. The number of aromatic nitrogens is 1. The molecule has 10 nitrogen and oxygen atoms in total. The lowest BCUT2D eigenvalue weighted by atomic mass is 10.1. The van der Waals surface area contributed by atoms with Gasteiger partial charge in [-0.25, -0.2) is 22.9 Å². The van der Waals surface area contributed by atoms with Crippen LogP contribution in [0.15, 0.2) is 23.1 Å². The summed E-state index contributed by atoms with van der Waals surface area (Å²) in [6.07, 6.45) is -0.632. The van der Waals surface area contributed by atoms with E-state index in [1.807, 2.05) is 0 Å². The smallest absolute Gasteiger partial charge is 0.407 e. The third-order valence-corrected chi connectivity index (χ3v) is 6.96. The molecular weight excluding hydrogens is 480 g/mol. The van der Waals surface area contributed by atoms with Crippen LogP contribution in [0.5, 0.6) is 5.75 Å². The lowest BCUT2D eigenvalue weighted by Gasteiger charge is -2.19. The van der Waals surface area contributed by atoms with Crippen molar-refractivity contribution in [1.82, 2.24) is 15.0 Å². The Balaban J connectivity index is 2.19. The van der Waals surface area contributed by atoms with Crippen LogP contribution in [-0.2, 0) is 19.6 Å². The number of nitrogens with one attached hydrogen (secondary N) is 3. The Morgan fingerprint density at radius 2 is 1.85 bits per heavy atom. The number of benzene rings is 1. The largest absolute Gasteiger partial charge is 0.495 e. The molecule has 0 unspecified atom stereocenters. The van der Waals surface area contributed by atoms with E-state index in [0.717, 1.165) is 4.88 Å². The van der Waals surface area contributed by atoms with Crippen LogP contribution in [0.3, 0.4) is 0 Å². The summed E-state index contributed by atoms with van der Waals surface area (Å²) in [6, 6.07) is 4.79. The maximum Gasteiger partial charge on any atom is 0.407 e. The van der Waals surface area contributed by atoms with Gasteiger partial charge >= 0.3 is 6.09 Å². The van der Waals surface area contributed by atoms with Crippen LogP contribution in [0, 0.1) is 12.8 Å². The number of nitrogens with zero attached hydrogens (tertiary/aromatic N) is 1. The molecule has 3 N–H and O–H groups in total. The van der Waals surface area contributed by atoms with Crippen molar-refractivity contribution in [3.8, 4) is 16.2 Å². The number of hydrogen-bond donors (Lipinski definition) is 3. The third-order valence-electron chi connectivity index (χ3n) is 4.35. The Morgan fingerprint density at radius 3 is 2.44 bits per heavy atom. The number of rotatable bonds is 9. The molecule has 0 saturated heterocycles. The van der Waals surface area contributed by atoms with E-state index in [1.54, 1.807) is 53.7 Å². The number of hydrogen-bond acceptors (Lipinski definition) is 8. The molecule has 1 aromatic carbocycles. The lowest BCUT2D eigenvalue weighted by molar-refractivity contribution is -0.118. The van der Waals surface area contributed by atoms with Gasteiger partial charge in [0.1, 0.15) is 16.2 Å². The van der Waals surface area contributed by atoms with E-state index in [-0.39, 0.29) is 35.6 Å². The van der Waals surface area contributed by atoms with Crippen LogP contribution in [0.2, 0.25) is 0 Å². The van der Waals surface area contributed by atoms with Gasteiger partial charge in [-0.3, -0.25) is 4.79 Å². The van der Waals surface area contributed by atoms with Gasteiger partial charge in [-0.05, 0) is 51.5 Å². The highest BCUT2D eigenvalue weighted by atomic mass is 32.2. The summed E-state index contributed by atoms with van der Waals surface area (Å²) in [6.45, 7) is 10.6. The molecule has 1 aromatic heterocycles. The Labute approximate surface area is 204 Å². The second-order valence-corrected chi connectivity index (χ2v) is 11.5. The van der Waals surface area contributed by atoms with E-state index in [9.17, 15) is 18.0 Å². The van der Waals surface area contributed by atoms with E-state index in [0.29, 0.717) is 16.4 Å². The standard InChI is InChI=1S/C22H32N4O6S2/c1-13(2)19(27)26-20-25-14(3)18(33-20)15-8-9-16(31-7)17(12-15)34(29,30)24-11-10-23-21(28)32-22(4,5)6/h8-9,12-13,24H,10-11H2,1-7H3,(H,23,28)(H,25,26,27). The van der Waals surface area contributed by atoms with Crippen molar-refractivity contribution in [2.24, 2.45) is 5.92 Å². The first-order chi connectivity index (χ1) is 15.7. The van der Waals surface area contributed by atoms with Gasteiger partial charge in [-0.15, -0.1) is 0 Å². The average molecular weight is 513 g/mol. The maximum absolute atomic E-state index is 13.0. The average Bonchev–Trinajstić information content (AvgIpc) is 3.09. The minimum absolute atomic E-state index is 0.0417. The molecule has 34 heavy (non-hydrogen) atoms. The molecule has 0 aliphatic carbocycles. The van der Waals surface area contributed by atoms with Crippen molar-refractivity contribution in [1.29, 1.82) is 0 Å². The molecule has 0 saturated carbocycles. The molecule has 0 aliphatic rings. The topological polar surface area (TPSA) is 136 Å². The molecule has 0 spiro atoms. The van der Waals surface area contributed by atoms with Gasteiger partial charge in [0.05, 0.1) is 17.7 Å². The van der Waals surface area contributed by atoms with Crippen molar-refractivity contribution >= 4 is 38.5 Å². The number of amides is 2. The van der Waals surface area contributed by atoms with Crippen molar-refractivity contribution in [3.05, 3.63) is 23.9 Å². The van der Waals surface area contributed by atoms with E-state index >= 15 is 0 Å². The van der Waals surface area contributed by atoms with Crippen molar-refractivity contribution in [2.45, 2.75) is 52.0 Å². The molecule has 0 aliphatic heterocycles. The fraction of sp³-hybridized carbons (Fsp3) is 0.500. The Morgan fingerprint density at radius 1 is 1.18 bits per heavy atom. The maximum atomic E-state index is 13.0. The Kier molecular flexibility index (Phi) is 9.03. The van der Waals surface area contributed by atoms with Gasteiger partial charge in [0, 0.05) is 19.0 Å². The first kappa shape index (κ1) is 27.5. The number of aryl methyl sites for hydroxylation is 1. The van der Waals surface area contributed by atoms with Gasteiger partial charge in [0.15, 0.2) is 5.13 Å². The molecule has 2 amide bonds. The molecule has 0 atom stereocenters. The fourth-order valence-corrected chi connectivity index (χ4v) is 4.93. The molecule has 0 radical (unpaired) electrons. The number of anilines is 1. The van der Waals surface area contributed by atoms with Crippen LogP contribution < -0.4 is 20.1 Å². The second-order valence-electron chi connectivity index (χ2n) is 8.77. The molecule has 1 heterocycles. The normalized spacial score (nSPS) is 11.9. The summed E-state index contributed by atoms with van der Waals surface area (Å²) < 4.78 is 38.8. The molecule has 188 valence electrons. The van der Waals surface area contributed by atoms with E-state index in [2.05, 4.69) is 20.3 Å². The molecule has 12 heteroatoms. The van der Waals surface area contributed by atoms with Crippen LogP contribution in [0.25, 0.3) is 10.4 Å². The monoisotopic (exact) mass is 512 g/mol. The number of ether oxygens (including phenoxy) is 2. The zero-order valence-electron chi connectivity index (χ0n) is 20.4. The lowest BCUT2D eigenvalue weighted by Crippen LogP contribution is -2.37. The van der Waals surface area contributed by atoms with Crippen LogP contribution in [0.1, 0.15) is 40.3 Å². The molecular formula is C22H32N4O6S2. The van der Waals surface area contributed by atoms with Gasteiger partial charge in [-0.2, -0.15) is 0 Å². The quantitative estimate of drug-likeness (QED) is 0.437. The van der Waals surface area contributed by atoms with Crippen LogP contribution in [-0.4, -0.2) is 51.2 Å². The predicted molar refractivity (Wildman–Crippen MR) is 132 cm³/mol. The predicted octanol–water partition coefficient (Wildman–Crippen LogP) is 3.52. The molecule has 2 rings (SSSR count). The Hall–Kier alpha value is -2.70. The van der Waals surface area contributed by atoms with E-state index < -0.39 is 21.7 Å². The zero-order chi connectivity index (χ0) is 25.7. The van der Waals surface area contributed by atoms with Gasteiger partial charge in [0.25, 0.3) is 0 Å². The van der Waals surface area contributed by atoms with Crippen molar-refractivity contribution in [2.75, 3.05) is 25.5 Å². The molecule has 0 bridgehead atoms. The highest BCUT2D eigenvalue weighted by Crippen LogP contribution is 2.36. The molecule has 0 fully saturated rings. The van der Waals surface area contributed by atoms with Crippen molar-refractivity contribution < 1.29 is 27.5 Å². The zero-order valence-corrected chi connectivity index (χ0v) is 22.1. The van der Waals surface area contributed by atoms with Gasteiger partial charge < -0.3 is 20.1 Å². The van der Waals surface area contributed by atoms with Crippen LogP contribution in [0.4, 0.5) is 9.93 Å². The SMILES string of the molecule is COc1ccc(-c2sc(NC(=O)C(C)C)nc2C)cc1S(=O)(=O)NCCNC(=O)OC(C)(C)C. The number of methoxy groups -OCH3 is 1. The number of carbonyl (C=O) groups excluding carboxylic acids is 2. The number of alkyl carbamates (subject to hydrolysis) is 1. The second kappa shape index (κ2) is 11.2. The minimum atomic E-state index is -3.96. The first-order valence-corrected chi connectivity index (χ1v) is 13.0. The molecule has 2 aromatic rings. The highest BCUT2D eigenvalue weighted by molar-refractivity contribution is 7.89. The summed E-state index contributed by atoms with van der Waals surface area (Å²) in [5.74, 6) is -0.171. The van der Waals surface area contributed by atoms with Crippen LogP contribution >= 0.6 is 11.3 Å². The van der Waals surface area contributed by atoms with E-state index in [1.165, 1.54) is 24.5 Å². The summed E-state index contributed by atoms with van der Waals surface area (Å²) in [5, 5.41) is 5.71. The summed E-state index contributed by atoms with van der Waals surface area (Å²) in [7, 11) is -2.57. The van der Waals surface area contributed by atoms with E-state index in [4.69, 9.17) is 9.47 Å². The first-order valence-electron chi connectivity index (χ1n) is 10.7. The number of sulfonamides is 1. The fourth-order valence-electron chi connectivity index (χ4n) is 2.74. The number of thiazole rings is 1. The minimum Gasteiger partial charge on any atom is -0.495 e. The van der Waals surface area contributed by atoms with Gasteiger partial charge in [-0.1, -0.05) is 25.2 Å². The third kappa shape index (κ3) is 7.67. The van der Waals surface area contributed by atoms with Crippen molar-refractivity contribution in [3.63, 3.8) is 0 Å². The summed E-state index contributed by atoms with van der Waals surface area (Å²) in [5.41, 5.74) is 0.629. The Bertz CT molecular complexity index is 1140. The van der Waals surface area contributed by atoms with Gasteiger partial charge in [0.2, 0.25) is 15.9 Å². The summed E-state index contributed by atoms with van der Waals surface area (Å²) in [4.78, 5) is 28.8. The highest BCUT2D eigenvalue weighted by Gasteiger charge is 2.22.